The van der Waals surface area contributed by atoms with Crippen LogP contribution < -0.4 is 5.73 Å². The predicted octanol–water partition coefficient (Wildman–Crippen LogP) is 3.61. The summed E-state index contributed by atoms with van der Waals surface area (Å²) in [7, 11) is 1.84. The number of nitrogens with zero attached hydrogens (tertiary/aromatic N) is 5. The first kappa shape index (κ1) is 18.9. The Balaban J connectivity index is 0.00000210. The van der Waals surface area contributed by atoms with Gasteiger partial charge in [0.25, 0.3) is 6.43 Å². The number of nitrogens with two attached hydrogens (primary N) is 1. The zero-order valence-corrected chi connectivity index (χ0v) is 15.2. The molecule has 0 unspecified atom stereocenters. The highest BCUT2D eigenvalue weighted by Gasteiger charge is 2.16. The molecule has 0 aliphatic carbocycles. The van der Waals surface area contributed by atoms with Crippen LogP contribution in [0, 0.1) is 0 Å². The fraction of sp³-hybridized carbons (Fsp3) is 0.167. The zero-order chi connectivity index (χ0) is 18.3. The van der Waals surface area contributed by atoms with Crippen molar-refractivity contribution in [3.63, 3.8) is 0 Å². The highest BCUT2D eigenvalue weighted by molar-refractivity contribution is 5.85. The van der Waals surface area contributed by atoms with E-state index < -0.39 is 6.43 Å². The van der Waals surface area contributed by atoms with Crippen molar-refractivity contribution in [2.24, 2.45) is 12.8 Å². The quantitative estimate of drug-likeness (QED) is 0.577. The predicted molar refractivity (Wildman–Crippen MR) is 101 cm³/mol. The van der Waals surface area contributed by atoms with Crippen molar-refractivity contribution in [2.45, 2.75) is 13.0 Å². The van der Waals surface area contributed by atoms with Crippen LogP contribution in [0.2, 0.25) is 0 Å². The molecule has 27 heavy (non-hydrogen) atoms. The lowest BCUT2D eigenvalue weighted by Crippen LogP contribution is -2.03. The molecule has 140 valence electrons. The maximum Gasteiger partial charge on any atom is 0.264 e. The summed E-state index contributed by atoms with van der Waals surface area (Å²) in [6.07, 6.45) is 4.33. The van der Waals surface area contributed by atoms with Crippen LogP contribution in [-0.4, -0.2) is 24.4 Å². The van der Waals surface area contributed by atoms with Crippen molar-refractivity contribution in [1.82, 2.24) is 24.4 Å². The largest absolute Gasteiger partial charge is 0.326 e. The molecule has 0 saturated carbocycles. The van der Waals surface area contributed by atoms with Gasteiger partial charge in [-0.3, -0.25) is 4.68 Å². The fourth-order valence-corrected chi connectivity index (χ4v) is 3.01. The molecule has 0 bridgehead atoms. The van der Waals surface area contributed by atoms with Gasteiger partial charge in [-0.1, -0.05) is 12.1 Å². The van der Waals surface area contributed by atoms with Gasteiger partial charge in [-0.25, -0.2) is 18.3 Å². The maximum atomic E-state index is 13.3. The Bertz CT molecular complexity index is 1090. The molecule has 9 heteroatoms. The highest BCUT2D eigenvalue weighted by atomic mass is 35.5. The summed E-state index contributed by atoms with van der Waals surface area (Å²) in [5.74, 6) is 0. The normalized spacial score (nSPS) is 11.1. The lowest BCUT2D eigenvalue weighted by molar-refractivity contribution is 0.150. The van der Waals surface area contributed by atoms with Crippen molar-refractivity contribution >= 4 is 17.9 Å². The van der Waals surface area contributed by atoms with E-state index >= 15 is 0 Å². The van der Waals surface area contributed by atoms with Crippen LogP contribution in [0.1, 0.15) is 17.6 Å². The number of benzene rings is 1. The summed E-state index contributed by atoms with van der Waals surface area (Å²) in [6.45, 7) is 0.0649. The lowest BCUT2D eigenvalue weighted by atomic mass is 10.0. The van der Waals surface area contributed by atoms with Gasteiger partial charge in [0.1, 0.15) is 6.33 Å². The minimum atomic E-state index is -2.59. The summed E-state index contributed by atoms with van der Waals surface area (Å²) in [4.78, 5) is 4.32. The summed E-state index contributed by atoms with van der Waals surface area (Å²) in [5.41, 5.74) is 9.70. The van der Waals surface area contributed by atoms with Crippen LogP contribution in [-0.2, 0) is 13.6 Å². The molecular formula is C18H17ClF2N6. The van der Waals surface area contributed by atoms with E-state index in [1.165, 1.54) is 12.4 Å². The molecule has 3 heterocycles. The third-order valence-electron chi connectivity index (χ3n) is 4.32. The van der Waals surface area contributed by atoms with Crippen LogP contribution in [0.3, 0.4) is 0 Å². The highest BCUT2D eigenvalue weighted by Crippen LogP contribution is 2.31. The Hall–Kier alpha value is -2.84. The van der Waals surface area contributed by atoms with Crippen LogP contribution in [0.15, 0.2) is 49.2 Å². The topological polar surface area (TPSA) is 74.0 Å². The number of hydrogen-bond donors (Lipinski definition) is 1. The number of aromatic nitrogens is 5. The van der Waals surface area contributed by atoms with Gasteiger partial charge < -0.3 is 5.73 Å². The van der Waals surface area contributed by atoms with Gasteiger partial charge in [0, 0.05) is 48.2 Å². The van der Waals surface area contributed by atoms with E-state index in [4.69, 9.17) is 5.73 Å². The molecule has 2 N–H and O–H groups in total. The third-order valence-corrected chi connectivity index (χ3v) is 4.32. The first-order chi connectivity index (χ1) is 12.6. The number of rotatable bonds is 4. The fourth-order valence-electron chi connectivity index (χ4n) is 3.01. The molecule has 0 amide bonds. The summed E-state index contributed by atoms with van der Waals surface area (Å²) >= 11 is 0. The van der Waals surface area contributed by atoms with Crippen LogP contribution in [0.4, 0.5) is 8.78 Å². The van der Waals surface area contributed by atoms with Gasteiger partial charge in [-0.15, -0.1) is 12.4 Å². The Morgan fingerprint density at radius 3 is 2.56 bits per heavy atom. The smallest absolute Gasteiger partial charge is 0.264 e. The molecule has 4 rings (SSSR count). The van der Waals surface area contributed by atoms with Crippen molar-refractivity contribution in [1.29, 1.82) is 0 Å². The summed E-state index contributed by atoms with van der Waals surface area (Å²) in [6, 6.07) is 6.75. The monoisotopic (exact) mass is 390 g/mol. The first-order valence-electron chi connectivity index (χ1n) is 8.00. The molecular weight excluding hydrogens is 374 g/mol. The number of halogens is 3. The summed E-state index contributed by atoms with van der Waals surface area (Å²) < 4.78 is 30.1. The summed E-state index contributed by atoms with van der Waals surface area (Å²) in [5, 5.41) is 8.39. The molecule has 0 saturated heterocycles. The Kier molecular flexibility index (Phi) is 5.20. The number of hydrogen-bond acceptors (Lipinski definition) is 4. The standard InChI is InChI=1S/C18H16F2N6.ClH/c1-25-8-14(7-23-25)13-5-16-17(22-10-24-26(16)9-13)11-2-3-12(6-21)15(4-11)18(19)20;/h2-5,7-10,18H,6,21H2,1H3;1H. The van der Waals surface area contributed by atoms with Crippen molar-refractivity contribution in [3.8, 4) is 22.4 Å². The molecule has 0 atom stereocenters. The molecule has 0 aliphatic rings. The van der Waals surface area contributed by atoms with E-state index in [0.717, 1.165) is 16.6 Å². The molecule has 4 aromatic rings. The van der Waals surface area contributed by atoms with E-state index in [2.05, 4.69) is 15.2 Å². The Labute approximate surface area is 160 Å². The Morgan fingerprint density at radius 2 is 1.89 bits per heavy atom. The second kappa shape index (κ2) is 7.42. The van der Waals surface area contributed by atoms with Crippen LogP contribution >= 0.6 is 12.4 Å². The van der Waals surface area contributed by atoms with Gasteiger partial charge in [0.2, 0.25) is 0 Å². The number of aryl methyl sites for hydroxylation is 1. The van der Waals surface area contributed by atoms with E-state index in [1.807, 2.05) is 25.5 Å². The second-order valence-corrected chi connectivity index (χ2v) is 5.99. The second-order valence-electron chi connectivity index (χ2n) is 5.99. The van der Waals surface area contributed by atoms with Gasteiger partial charge in [0.05, 0.1) is 17.4 Å². The molecule has 0 aliphatic heterocycles. The molecule has 0 radical (unpaired) electrons. The maximum absolute atomic E-state index is 13.3. The van der Waals surface area contributed by atoms with Crippen molar-refractivity contribution < 1.29 is 8.78 Å². The Morgan fingerprint density at radius 1 is 1.07 bits per heavy atom. The van der Waals surface area contributed by atoms with Crippen molar-refractivity contribution in [3.05, 3.63) is 60.3 Å². The van der Waals surface area contributed by atoms with Crippen LogP contribution in [0.5, 0.6) is 0 Å². The zero-order valence-electron chi connectivity index (χ0n) is 14.4. The lowest BCUT2D eigenvalue weighted by Gasteiger charge is -2.10. The van der Waals surface area contributed by atoms with E-state index in [0.29, 0.717) is 16.8 Å². The first-order valence-corrected chi connectivity index (χ1v) is 8.00. The molecule has 0 fully saturated rings. The molecule has 3 aromatic heterocycles. The van der Waals surface area contributed by atoms with E-state index in [1.54, 1.807) is 27.5 Å². The van der Waals surface area contributed by atoms with Gasteiger partial charge in [-0.2, -0.15) is 10.2 Å². The van der Waals surface area contributed by atoms with E-state index in [-0.39, 0.29) is 24.5 Å². The SMILES string of the molecule is Cl.Cn1cc(-c2cc3c(-c4ccc(CN)c(C(F)F)c4)ncnn3c2)cn1. The average molecular weight is 391 g/mol. The molecule has 6 nitrogen and oxygen atoms in total. The van der Waals surface area contributed by atoms with Crippen molar-refractivity contribution in [2.75, 3.05) is 0 Å². The van der Waals surface area contributed by atoms with Gasteiger partial charge in [-0.05, 0) is 17.7 Å². The van der Waals surface area contributed by atoms with Gasteiger partial charge >= 0.3 is 0 Å². The minimum absolute atomic E-state index is 0. The minimum Gasteiger partial charge on any atom is -0.326 e. The number of fused-ring (bicyclic) bond motifs is 1. The third kappa shape index (κ3) is 3.41. The van der Waals surface area contributed by atoms with E-state index in [9.17, 15) is 8.78 Å². The molecule has 0 spiro atoms. The molecule has 1 aromatic carbocycles. The van der Waals surface area contributed by atoms with Gasteiger partial charge in [0.15, 0.2) is 0 Å². The average Bonchev–Trinajstić information content (AvgIpc) is 3.26. The van der Waals surface area contributed by atoms with Crippen LogP contribution in [0.25, 0.3) is 27.9 Å². The number of alkyl halides is 2.